The molecule has 5 atom stereocenters. The van der Waals surface area contributed by atoms with Crippen LogP contribution in [0.2, 0.25) is 0 Å². The molecule has 1 rings (SSSR count). The second-order valence-electron chi connectivity index (χ2n) is 10.3. The number of thiol groups is 1. The van der Waals surface area contributed by atoms with E-state index >= 15 is 0 Å². The third-order valence-corrected chi connectivity index (χ3v) is 6.83. The predicted molar refractivity (Wildman–Crippen MR) is 175 cm³/mol. The standard InChI is InChI=1S/C28H43N9O10S/c1-14(23(43)33-17-7-5-16(6-8-17)15(2)41)32-24(44)18(4-3-9-31-28(29)30)35-26(46)20(11-39)37-27(47)21(12-40)36-25(45)19(10-38)34-22(42)13-48/h5-8,14,18-21,38-40,48H,3-4,9-13H2,1-2H3,(H,32,44)(H,33,43)(H,34,42)(H,35,46)(H,36,45)(H,37,47)(H4,29,30,31)/t14-,18-,19-,20-,21-/m1/s1. The lowest BCUT2D eigenvalue weighted by atomic mass is 10.1. The fraction of sp³-hybridized carbons (Fsp3) is 0.500. The van der Waals surface area contributed by atoms with Crippen LogP contribution in [0.25, 0.3) is 0 Å². The minimum atomic E-state index is -1.68. The van der Waals surface area contributed by atoms with Gasteiger partial charge in [0, 0.05) is 17.8 Å². The third kappa shape index (κ3) is 14.3. The van der Waals surface area contributed by atoms with Crippen molar-refractivity contribution < 1.29 is 48.9 Å². The van der Waals surface area contributed by atoms with E-state index in [1.165, 1.54) is 38.1 Å². The smallest absolute Gasteiger partial charge is 0.246 e. The van der Waals surface area contributed by atoms with Crippen LogP contribution in [0.5, 0.6) is 0 Å². The van der Waals surface area contributed by atoms with Crippen LogP contribution in [-0.2, 0) is 28.8 Å². The number of aliphatic hydroxyl groups is 3. The van der Waals surface area contributed by atoms with Gasteiger partial charge in [-0.05, 0) is 51.0 Å². The van der Waals surface area contributed by atoms with Crippen molar-refractivity contribution in [2.75, 3.05) is 37.4 Å². The van der Waals surface area contributed by atoms with Crippen molar-refractivity contribution in [2.24, 2.45) is 5.73 Å². The van der Waals surface area contributed by atoms with Crippen molar-refractivity contribution in [3.8, 4) is 0 Å². The molecule has 20 heteroatoms. The summed E-state index contributed by atoms with van der Waals surface area (Å²) in [5, 5.41) is 52.6. The predicted octanol–water partition coefficient (Wildman–Crippen LogP) is -4.56. The molecule has 0 aliphatic heterocycles. The molecule has 0 heterocycles. The Morgan fingerprint density at radius 3 is 1.65 bits per heavy atom. The number of rotatable bonds is 20. The van der Waals surface area contributed by atoms with E-state index in [0.29, 0.717) is 11.3 Å². The second-order valence-corrected chi connectivity index (χ2v) is 10.7. The van der Waals surface area contributed by atoms with Crippen LogP contribution < -0.4 is 43.0 Å². The molecule has 19 nitrogen and oxygen atoms in total. The number of hydrogen-bond donors (Lipinski definition) is 13. The number of guanidine groups is 1. The molecular weight excluding hydrogens is 654 g/mol. The molecule has 266 valence electrons. The highest BCUT2D eigenvalue weighted by Crippen LogP contribution is 2.11. The Labute approximate surface area is 281 Å². The second kappa shape index (κ2) is 21.2. The van der Waals surface area contributed by atoms with Gasteiger partial charge in [0.1, 0.15) is 30.2 Å². The number of carbonyl (C=O) groups excluding carboxylic acids is 7. The van der Waals surface area contributed by atoms with Crippen LogP contribution in [0.1, 0.15) is 37.0 Å². The van der Waals surface area contributed by atoms with Crippen LogP contribution >= 0.6 is 12.6 Å². The van der Waals surface area contributed by atoms with E-state index in [1.807, 2.05) is 0 Å². The molecule has 0 aliphatic rings. The number of nitrogens with one attached hydrogen (secondary N) is 8. The normalized spacial score (nSPS) is 13.7. The van der Waals surface area contributed by atoms with Gasteiger partial charge in [0.25, 0.3) is 0 Å². The first-order chi connectivity index (χ1) is 22.7. The fourth-order valence-corrected chi connectivity index (χ4v) is 3.95. The summed E-state index contributed by atoms with van der Waals surface area (Å²) in [6.45, 7) is 0.144. The van der Waals surface area contributed by atoms with Gasteiger partial charge in [-0.1, -0.05) is 0 Å². The Morgan fingerprint density at radius 1 is 0.750 bits per heavy atom. The van der Waals surface area contributed by atoms with E-state index < -0.39 is 85.5 Å². The van der Waals surface area contributed by atoms with Crippen molar-refractivity contribution in [3.63, 3.8) is 0 Å². The van der Waals surface area contributed by atoms with Crippen LogP contribution in [0.4, 0.5) is 5.69 Å². The molecule has 0 fully saturated rings. The van der Waals surface area contributed by atoms with Crippen molar-refractivity contribution >= 4 is 65.5 Å². The van der Waals surface area contributed by atoms with E-state index in [-0.39, 0.29) is 36.9 Å². The van der Waals surface area contributed by atoms with Gasteiger partial charge in [0.05, 0.1) is 25.6 Å². The molecule has 48 heavy (non-hydrogen) atoms. The summed E-state index contributed by atoms with van der Waals surface area (Å²) in [4.78, 5) is 87.1. The van der Waals surface area contributed by atoms with E-state index in [4.69, 9.17) is 11.1 Å². The molecule has 6 amide bonds. The monoisotopic (exact) mass is 697 g/mol. The first-order valence-electron chi connectivity index (χ1n) is 14.6. The number of hydrogen-bond acceptors (Lipinski definition) is 12. The van der Waals surface area contributed by atoms with Gasteiger partial charge in [-0.25, -0.2) is 0 Å². The SMILES string of the molecule is CC(=O)c1ccc(NC(=O)[C@@H](C)NC(=O)[C@@H](CCCNC(=N)N)NC(=O)[C@@H](CO)NC(=O)[C@@H](CO)NC(=O)[C@@H](CO)NC(=O)CS)cc1. The highest BCUT2D eigenvalue weighted by atomic mass is 32.1. The van der Waals surface area contributed by atoms with Crippen LogP contribution in [0.3, 0.4) is 0 Å². The summed E-state index contributed by atoms with van der Waals surface area (Å²) in [5.74, 6) is -6.09. The van der Waals surface area contributed by atoms with Gasteiger partial charge in [-0.15, -0.1) is 0 Å². The van der Waals surface area contributed by atoms with Gasteiger partial charge in [-0.3, -0.25) is 39.0 Å². The highest BCUT2D eigenvalue weighted by molar-refractivity contribution is 7.81. The maximum atomic E-state index is 13.2. The zero-order chi connectivity index (χ0) is 36.4. The molecule has 0 aliphatic carbocycles. The summed E-state index contributed by atoms with van der Waals surface area (Å²) in [7, 11) is 0. The lowest BCUT2D eigenvalue weighted by Gasteiger charge is -2.25. The van der Waals surface area contributed by atoms with E-state index in [2.05, 4.69) is 49.8 Å². The molecule has 1 aromatic carbocycles. The zero-order valence-corrected chi connectivity index (χ0v) is 27.3. The topological polar surface area (TPSA) is 314 Å². The Morgan fingerprint density at radius 2 is 1.21 bits per heavy atom. The molecule has 0 unspecified atom stereocenters. The first kappa shape index (κ1) is 41.2. The molecular formula is C28H43N9O10S. The van der Waals surface area contributed by atoms with Crippen molar-refractivity contribution in [1.82, 2.24) is 31.9 Å². The summed E-state index contributed by atoms with van der Waals surface area (Å²) in [6.07, 6.45) is 0.159. The Hall–Kier alpha value is -4.79. The summed E-state index contributed by atoms with van der Waals surface area (Å²) >= 11 is 3.75. The molecule has 0 aromatic heterocycles. The maximum Gasteiger partial charge on any atom is 0.246 e. The van der Waals surface area contributed by atoms with E-state index in [0.717, 1.165) is 0 Å². The summed E-state index contributed by atoms with van der Waals surface area (Å²) < 4.78 is 0. The van der Waals surface area contributed by atoms with Crippen molar-refractivity contribution in [2.45, 2.75) is 56.9 Å². The Balaban J connectivity index is 2.96. The summed E-state index contributed by atoms with van der Waals surface area (Å²) in [5.41, 5.74) is 6.07. The quantitative estimate of drug-likeness (QED) is 0.0201. The summed E-state index contributed by atoms with van der Waals surface area (Å²) in [6, 6.07) is -1.18. The highest BCUT2D eigenvalue weighted by Gasteiger charge is 2.31. The molecule has 13 N–H and O–H groups in total. The van der Waals surface area contributed by atoms with Gasteiger partial charge in [0.2, 0.25) is 35.4 Å². The number of ketones is 1. The fourth-order valence-electron chi connectivity index (χ4n) is 3.86. The van der Waals surface area contributed by atoms with Crippen molar-refractivity contribution in [1.29, 1.82) is 5.41 Å². The minimum absolute atomic E-state index is 0.0410. The minimum Gasteiger partial charge on any atom is -0.394 e. The van der Waals surface area contributed by atoms with E-state index in [1.54, 1.807) is 0 Å². The molecule has 0 spiro atoms. The number of Topliss-reactive ketones (excluding diaryl/α,β-unsaturated/α-hetero) is 1. The number of nitrogens with two attached hydrogens (primary N) is 1. The molecule has 0 saturated carbocycles. The van der Waals surface area contributed by atoms with Crippen LogP contribution in [0, 0.1) is 5.41 Å². The third-order valence-electron chi connectivity index (χ3n) is 6.54. The average molecular weight is 698 g/mol. The number of amides is 6. The van der Waals surface area contributed by atoms with Gasteiger partial charge < -0.3 is 58.3 Å². The van der Waals surface area contributed by atoms with Gasteiger partial charge in [-0.2, -0.15) is 12.6 Å². The number of carbonyl (C=O) groups is 7. The molecule has 0 radical (unpaired) electrons. The van der Waals surface area contributed by atoms with Crippen LogP contribution in [-0.4, -0.2) is 125 Å². The average Bonchev–Trinajstić information content (AvgIpc) is 3.05. The molecule has 0 saturated heterocycles. The lowest BCUT2D eigenvalue weighted by Crippen LogP contribution is -2.60. The Bertz CT molecular complexity index is 1310. The molecule has 0 bridgehead atoms. The molecule has 1 aromatic rings. The van der Waals surface area contributed by atoms with Crippen molar-refractivity contribution in [3.05, 3.63) is 29.8 Å². The number of benzene rings is 1. The maximum absolute atomic E-state index is 13.2. The largest absolute Gasteiger partial charge is 0.394 e. The number of anilines is 1. The Kier molecular flexibility index (Phi) is 18.2. The number of aliphatic hydroxyl groups excluding tert-OH is 3. The lowest BCUT2D eigenvalue weighted by molar-refractivity contribution is -0.136. The zero-order valence-electron chi connectivity index (χ0n) is 26.4. The van der Waals surface area contributed by atoms with Gasteiger partial charge >= 0.3 is 0 Å². The first-order valence-corrected chi connectivity index (χ1v) is 15.2. The van der Waals surface area contributed by atoms with Crippen LogP contribution in [0.15, 0.2) is 24.3 Å². The van der Waals surface area contributed by atoms with Gasteiger partial charge in [0.15, 0.2) is 11.7 Å². The van der Waals surface area contributed by atoms with E-state index in [9.17, 15) is 48.9 Å².